The van der Waals surface area contributed by atoms with E-state index in [-0.39, 0.29) is 0 Å². The fourth-order valence-corrected chi connectivity index (χ4v) is 2.12. The molecule has 5 heteroatoms. The van der Waals surface area contributed by atoms with Gasteiger partial charge in [-0.2, -0.15) is 0 Å². The minimum atomic E-state index is 0.472. The van der Waals surface area contributed by atoms with Crippen LogP contribution < -0.4 is 0 Å². The van der Waals surface area contributed by atoms with Gasteiger partial charge in [-0.1, -0.05) is 11.6 Å². The molecule has 15 heavy (non-hydrogen) atoms. The van der Waals surface area contributed by atoms with Gasteiger partial charge < -0.3 is 4.42 Å². The Morgan fingerprint density at radius 2 is 2.20 bits per heavy atom. The van der Waals surface area contributed by atoms with Gasteiger partial charge in [-0.3, -0.25) is 0 Å². The molecule has 2 heterocycles. The molecule has 0 spiro atoms. The number of aryl methyl sites for hydroxylation is 2. The van der Waals surface area contributed by atoms with E-state index in [0.29, 0.717) is 10.4 Å². The number of hydrogen-bond donors (Lipinski definition) is 0. The summed E-state index contributed by atoms with van der Waals surface area (Å²) in [7, 11) is 0. The van der Waals surface area contributed by atoms with Crippen LogP contribution in [0.2, 0.25) is 5.15 Å². The molecule has 0 amide bonds. The van der Waals surface area contributed by atoms with E-state index < -0.39 is 0 Å². The zero-order valence-electron chi connectivity index (χ0n) is 8.32. The second-order valence-electron chi connectivity index (χ2n) is 3.04. The number of nitrogens with zero attached hydrogens (tertiary/aromatic N) is 2. The van der Waals surface area contributed by atoms with Crippen LogP contribution in [0.1, 0.15) is 11.5 Å². The van der Waals surface area contributed by atoms with Crippen LogP contribution in [0.4, 0.5) is 0 Å². The zero-order chi connectivity index (χ0) is 10.8. The van der Waals surface area contributed by atoms with Gasteiger partial charge in [-0.15, -0.1) is 0 Å². The van der Waals surface area contributed by atoms with Crippen LogP contribution in [-0.4, -0.2) is 9.97 Å². The van der Waals surface area contributed by atoms with Crippen LogP contribution in [-0.2, 0) is 0 Å². The maximum absolute atomic E-state index is 5.77. The standard InChI is InChI=1S/C10H9ClN2OS/c1-6-7(2)14-10(13-6)15-8-3-4-12-9(11)5-8/h3-5H,1-2H3. The first-order chi connectivity index (χ1) is 7.15. The summed E-state index contributed by atoms with van der Waals surface area (Å²) in [5.74, 6) is 0.845. The molecule has 3 nitrogen and oxygen atoms in total. The summed E-state index contributed by atoms with van der Waals surface area (Å²) in [4.78, 5) is 9.14. The Balaban J connectivity index is 2.22. The maximum atomic E-state index is 5.77. The van der Waals surface area contributed by atoms with Gasteiger partial charge in [0.05, 0.1) is 5.69 Å². The molecule has 0 saturated carbocycles. The summed E-state index contributed by atoms with van der Waals surface area (Å²) in [6, 6.07) is 3.65. The van der Waals surface area contributed by atoms with Crippen molar-refractivity contribution in [3.63, 3.8) is 0 Å². The van der Waals surface area contributed by atoms with Crippen molar-refractivity contribution < 1.29 is 4.42 Å². The fourth-order valence-electron chi connectivity index (χ4n) is 1.04. The van der Waals surface area contributed by atoms with Crippen LogP contribution >= 0.6 is 23.4 Å². The molecule has 2 rings (SSSR count). The Kier molecular flexibility index (Phi) is 2.98. The predicted octanol–water partition coefficient (Wildman–Crippen LogP) is 3.49. The number of hydrogen-bond acceptors (Lipinski definition) is 4. The predicted molar refractivity (Wildman–Crippen MR) is 59.3 cm³/mol. The summed E-state index contributed by atoms with van der Waals surface area (Å²) in [5.41, 5.74) is 0.914. The summed E-state index contributed by atoms with van der Waals surface area (Å²) in [6.07, 6.45) is 1.66. The molecule has 78 valence electrons. The molecule has 0 fully saturated rings. The Labute approximate surface area is 96.9 Å². The van der Waals surface area contributed by atoms with E-state index >= 15 is 0 Å². The fraction of sp³-hybridized carbons (Fsp3) is 0.200. The van der Waals surface area contributed by atoms with E-state index in [9.17, 15) is 0 Å². The first kappa shape index (κ1) is 10.5. The molecular formula is C10H9ClN2OS. The monoisotopic (exact) mass is 240 g/mol. The third-order valence-electron chi connectivity index (χ3n) is 1.91. The van der Waals surface area contributed by atoms with Crippen molar-refractivity contribution in [3.8, 4) is 0 Å². The lowest BCUT2D eigenvalue weighted by molar-refractivity contribution is 0.431. The lowest BCUT2D eigenvalue weighted by Gasteiger charge is -1.95. The van der Waals surface area contributed by atoms with Crippen LogP contribution in [0.25, 0.3) is 0 Å². The van der Waals surface area contributed by atoms with Crippen LogP contribution in [0, 0.1) is 13.8 Å². The topological polar surface area (TPSA) is 38.9 Å². The van der Waals surface area contributed by atoms with Gasteiger partial charge in [-0.05, 0) is 37.7 Å². The molecule has 0 radical (unpaired) electrons. The quantitative estimate of drug-likeness (QED) is 0.754. The largest absolute Gasteiger partial charge is 0.436 e. The van der Waals surface area contributed by atoms with Crippen molar-refractivity contribution >= 4 is 23.4 Å². The smallest absolute Gasteiger partial charge is 0.260 e. The van der Waals surface area contributed by atoms with Crippen LogP contribution in [0.5, 0.6) is 0 Å². The number of aromatic nitrogens is 2. The third-order valence-corrected chi connectivity index (χ3v) is 2.96. The number of rotatable bonds is 2. The van der Waals surface area contributed by atoms with Gasteiger partial charge in [0.25, 0.3) is 5.22 Å². The Bertz CT molecular complexity index is 465. The highest BCUT2D eigenvalue weighted by atomic mass is 35.5. The van der Waals surface area contributed by atoms with Gasteiger partial charge in [0.2, 0.25) is 0 Å². The molecule has 0 atom stereocenters. The highest BCUT2D eigenvalue weighted by Gasteiger charge is 2.07. The highest BCUT2D eigenvalue weighted by molar-refractivity contribution is 7.99. The first-order valence-electron chi connectivity index (χ1n) is 4.38. The Morgan fingerprint density at radius 3 is 2.80 bits per heavy atom. The van der Waals surface area contributed by atoms with E-state index in [1.807, 2.05) is 19.9 Å². The second-order valence-corrected chi connectivity index (χ2v) is 4.45. The normalized spacial score (nSPS) is 10.6. The average Bonchev–Trinajstić information content (AvgIpc) is 2.45. The van der Waals surface area contributed by atoms with E-state index in [0.717, 1.165) is 16.3 Å². The lowest BCUT2D eigenvalue weighted by Crippen LogP contribution is -1.77. The van der Waals surface area contributed by atoms with Crippen molar-refractivity contribution in [1.82, 2.24) is 9.97 Å². The highest BCUT2D eigenvalue weighted by Crippen LogP contribution is 2.28. The lowest BCUT2D eigenvalue weighted by atomic mass is 10.4. The van der Waals surface area contributed by atoms with Crippen LogP contribution in [0.15, 0.2) is 32.9 Å². The number of pyridine rings is 1. The van der Waals surface area contributed by atoms with E-state index in [1.165, 1.54) is 11.8 Å². The van der Waals surface area contributed by atoms with Crippen molar-refractivity contribution in [2.75, 3.05) is 0 Å². The van der Waals surface area contributed by atoms with Crippen molar-refractivity contribution in [3.05, 3.63) is 34.9 Å². The van der Waals surface area contributed by atoms with Crippen LogP contribution in [0.3, 0.4) is 0 Å². The van der Waals surface area contributed by atoms with E-state index in [4.69, 9.17) is 16.0 Å². The van der Waals surface area contributed by atoms with Crippen molar-refractivity contribution in [2.45, 2.75) is 24.0 Å². The molecule has 0 aliphatic carbocycles. The van der Waals surface area contributed by atoms with E-state index in [1.54, 1.807) is 12.3 Å². The second kappa shape index (κ2) is 4.24. The molecule has 0 aromatic carbocycles. The molecule has 2 aromatic rings. The Morgan fingerprint density at radius 1 is 1.40 bits per heavy atom. The van der Waals surface area contributed by atoms with Crippen molar-refractivity contribution in [2.24, 2.45) is 0 Å². The van der Waals surface area contributed by atoms with Crippen molar-refractivity contribution in [1.29, 1.82) is 0 Å². The van der Waals surface area contributed by atoms with Gasteiger partial charge in [-0.25, -0.2) is 9.97 Å². The van der Waals surface area contributed by atoms with Gasteiger partial charge in [0, 0.05) is 11.1 Å². The van der Waals surface area contributed by atoms with Gasteiger partial charge in [0.1, 0.15) is 10.9 Å². The molecule has 0 unspecified atom stereocenters. The molecule has 0 saturated heterocycles. The van der Waals surface area contributed by atoms with Gasteiger partial charge in [0.15, 0.2) is 0 Å². The number of halogens is 1. The summed E-state index contributed by atoms with van der Waals surface area (Å²) in [6.45, 7) is 3.81. The minimum Gasteiger partial charge on any atom is -0.436 e. The third kappa shape index (κ3) is 2.52. The molecular weight excluding hydrogens is 232 g/mol. The number of oxazole rings is 1. The molecule has 2 aromatic heterocycles. The molecule has 0 aliphatic heterocycles. The average molecular weight is 241 g/mol. The SMILES string of the molecule is Cc1nc(Sc2ccnc(Cl)c2)oc1C. The molecule has 0 N–H and O–H groups in total. The first-order valence-corrected chi connectivity index (χ1v) is 5.58. The van der Waals surface area contributed by atoms with Gasteiger partial charge >= 0.3 is 0 Å². The Hall–Kier alpha value is -1.00. The van der Waals surface area contributed by atoms with E-state index in [2.05, 4.69) is 9.97 Å². The molecule has 0 bridgehead atoms. The zero-order valence-corrected chi connectivity index (χ0v) is 9.89. The maximum Gasteiger partial charge on any atom is 0.260 e. The summed E-state index contributed by atoms with van der Waals surface area (Å²) < 4.78 is 5.45. The minimum absolute atomic E-state index is 0.472. The molecule has 0 aliphatic rings. The summed E-state index contributed by atoms with van der Waals surface area (Å²) >= 11 is 7.21. The summed E-state index contributed by atoms with van der Waals surface area (Å²) in [5, 5.41) is 1.10.